The molecule has 7 heteroatoms. The van der Waals surface area contributed by atoms with Gasteiger partial charge in [0.15, 0.2) is 0 Å². The Hall–Kier alpha value is -1.66. The van der Waals surface area contributed by atoms with Crippen molar-refractivity contribution in [1.29, 1.82) is 0 Å². The number of anilines is 1. The molecule has 0 aliphatic carbocycles. The molecule has 5 nitrogen and oxygen atoms in total. The molecule has 2 rings (SSSR count). The Bertz CT molecular complexity index is 580. The second kappa shape index (κ2) is 7.07. The molecule has 1 heterocycles. The summed E-state index contributed by atoms with van der Waals surface area (Å²) < 4.78 is 13.2. The van der Waals surface area contributed by atoms with E-state index in [0.29, 0.717) is 12.2 Å². The van der Waals surface area contributed by atoms with Gasteiger partial charge in [-0.05, 0) is 32.3 Å². The Morgan fingerprint density at radius 3 is 2.86 bits per heavy atom. The number of rotatable bonds is 5. The summed E-state index contributed by atoms with van der Waals surface area (Å²) in [6.07, 6.45) is 0.156. The van der Waals surface area contributed by atoms with Crippen LogP contribution >= 0.6 is 11.6 Å². The minimum atomic E-state index is -0.532. The van der Waals surface area contributed by atoms with Crippen molar-refractivity contribution in [2.45, 2.75) is 6.42 Å². The molecule has 0 saturated carbocycles. The zero-order valence-electron chi connectivity index (χ0n) is 12.6. The average Bonchev–Trinajstić information content (AvgIpc) is 2.83. The standard InChI is InChI=1S/C15H19ClFN3O2/c1-19(2)6-5-18-15(22)10-7-14(21)20(9-10)11-3-4-13(17)12(16)8-11/h3-4,8,10H,5-7,9H2,1-2H3,(H,18,22)/t10-/m1/s1. The third kappa shape index (κ3) is 3.96. The van der Waals surface area contributed by atoms with Crippen LogP contribution in [0.1, 0.15) is 6.42 Å². The second-order valence-corrected chi connectivity index (χ2v) is 6.01. The monoisotopic (exact) mass is 327 g/mol. The second-order valence-electron chi connectivity index (χ2n) is 5.60. The number of hydrogen-bond acceptors (Lipinski definition) is 3. The highest BCUT2D eigenvalue weighted by Gasteiger charge is 2.35. The topological polar surface area (TPSA) is 52.7 Å². The first-order valence-electron chi connectivity index (χ1n) is 7.06. The lowest BCUT2D eigenvalue weighted by Crippen LogP contribution is -2.36. The number of halogens is 2. The van der Waals surface area contributed by atoms with Crippen LogP contribution in [0.15, 0.2) is 18.2 Å². The number of amides is 2. The van der Waals surface area contributed by atoms with E-state index in [-0.39, 0.29) is 29.8 Å². The molecule has 1 aromatic rings. The number of hydrogen-bond donors (Lipinski definition) is 1. The summed E-state index contributed by atoms with van der Waals surface area (Å²) >= 11 is 5.74. The SMILES string of the molecule is CN(C)CCNC(=O)[C@@H]1CC(=O)N(c2ccc(F)c(Cl)c2)C1. The Morgan fingerprint density at radius 2 is 2.23 bits per heavy atom. The zero-order valence-corrected chi connectivity index (χ0v) is 13.4. The van der Waals surface area contributed by atoms with Gasteiger partial charge in [-0.3, -0.25) is 9.59 Å². The van der Waals surface area contributed by atoms with Crippen LogP contribution in [-0.2, 0) is 9.59 Å². The van der Waals surface area contributed by atoms with Crippen molar-refractivity contribution >= 4 is 29.1 Å². The van der Waals surface area contributed by atoms with Crippen molar-refractivity contribution in [3.05, 3.63) is 29.0 Å². The first kappa shape index (κ1) is 16.7. The first-order chi connectivity index (χ1) is 10.4. The van der Waals surface area contributed by atoms with Gasteiger partial charge < -0.3 is 15.1 Å². The molecule has 1 aromatic carbocycles. The van der Waals surface area contributed by atoms with E-state index in [2.05, 4.69) is 5.32 Å². The molecule has 0 unspecified atom stereocenters. The average molecular weight is 328 g/mol. The minimum Gasteiger partial charge on any atom is -0.355 e. The van der Waals surface area contributed by atoms with Crippen LogP contribution < -0.4 is 10.2 Å². The van der Waals surface area contributed by atoms with E-state index in [9.17, 15) is 14.0 Å². The summed E-state index contributed by atoms with van der Waals surface area (Å²) in [7, 11) is 3.84. The molecule has 1 aliphatic heterocycles. The molecule has 1 fully saturated rings. The first-order valence-corrected chi connectivity index (χ1v) is 7.44. The highest BCUT2D eigenvalue weighted by molar-refractivity contribution is 6.31. The van der Waals surface area contributed by atoms with Gasteiger partial charge in [-0.25, -0.2) is 4.39 Å². The van der Waals surface area contributed by atoms with Crippen LogP contribution in [0.3, 0.4) is 0 Å². The van der Waals surface area contributed by atoms with Gasteiger partial charge in [-0.1, -0.05) is 11.6 Å². The number of carbonyl (C=O) groups excluding carboxylic acids is 2. The number of carbonyl (C=O) groups is 2. The smallest absolute Gasteiger partial charge is 0.227 e. The van der Waals surface area contributed by atoms with Crippen molar-refractivity contribution < 1.29 is 14.0 Å². The largest absolute Gasteiger partial charge is 0.355 e. The van der Waals surface area contributed by atoms with Gasteiger partial charge in [0.2, 0.25) is 11.8 Å². The Labute approximate surface area is 134 Å². The Kier molecular flexibility index (Phi) is 5.37. The van der Waals surface area contributed by atoms with Crippen LogP contribution in [0.5, 0.6) is 0 Å². The summed E-state index contributed by atoms with van der Waals surface area (Å²) in [5.41, 5.74) is 0.514. The molecule has 1 atom stereocenters. The minimum absolute atomic E-state index is 0.0378. The van der Waals surface area contributed by atoms with Crippen molar-refractivity contribution in [2.75, 3.05) is 38.6 Å². The van der Waals surface area contributed by atoms with E-state index in [4.69, 9.17) is 11.6 Å². The van der Waals surface area contributed by atoms with Gasteiger partial charge in [0.05, 0.1) is 10.9 Å². The summed E-state index contributed by atoms with van der Waals surface area (Å²) in [6.45, 7) is 1.57. The van der Waals surface area contributed by atoms with E-state index < -0.39 is 11.7 Å². The summed E-state index contributed by atoms with van der Waals surface area (Å²) in [6, 6.07) is 4.11. The third-order valence-electron chi connectivity index (χ3n) is 3.57. The van der Waals surface area contributed by atoms with Crippen molar-refractivity contribution in [3.8, 4) is 0 Å². The lowest BCUT2D eigenvalue weighted by atomic mass is 10.1. The van der Waals surface area contributed by atoms with Gasteiger partial charge >= 0.3 is 0 Å². The maximum atomic E-state index is 13.2. The lowest BCUT2D eigenvalue weighted by molar-refractivity contribution is -0.126. The van der Waals surface area contributed by atoms with Crippen molar-refractivity contribution in [2.24, 2.45) is 5.92 Å². The predicted octanol–water partition coefficient (Wildman–Crippen LogP) is 1.51. The fourth-order valence-electron chi connectivity index (χ4n) is 2.33. The van der Waals surface area contributed by atoms with E-state index >= 15 is 0 Å². The van der Waals surface area contributed by atoms with Gasteiger partial charge in [0, 0.05) is 31.7 Å². The number of nitrogens with zero attached hydrogens (tertiary/aromatic N) is 2. The van der Waals surface area contributed by atoms with E-state index in [0.717, 1.165) is 6.54 Å². The maximum Gasteiger partial charge on any atom is 0.227 e. The van der Waals surface area contributed by atoms with Crippen molar-refractivity contribution in [1.82, 2.24) is 10.2 Å². The van der Waals surface area contributed by atoms with Crippen LogP contribution in [0, 0.1) is 11.7 Å². The maximum absolute atomic E-state index is 13.2. The zero-order chi connectivity index (χ0) is 16.3. The molecular formula is C15H19ClFN3O2. The van der Waals surface area contributed by atoms with Crippen molar-refractivity contribution in [3.63, 3.8) is 0 Å². The lowest BCUT2D eigenvalue weighted by Gasteiger charge is -2.17. The van der Waals surface area contributed by atoms with Crippen LogP contribution in [-0.4, -0.2) is 50.4 Å². The third-order valence-corrected chi connectivity index (χ3v) is 3.86. The quantitative estimate of drug-likeness (QED) is 0.892. The van der Waals surface area contributed by atoms with Gasteiger partial charge in [-0.15, -0.1) is 0 Å². The van der Waals surface area contributed by atoms with E-state index in [1.165, 1.54) is 23.1 Å². The molecule has 1 aliphatic rings. The number of benzene rings is 1. The molecule has 0 aromatic heterocycles. The summed E-state index contributed by atoms with van der Waals surface area (Å²) in [5, 5.41) is 2.79. The van der Waals surface area contributed by atoms with E-state index in [1.54, 1.807) is 0 Å². The molecule has 0 spiro atoms. The Balaban J connectivity index is 1.98. The fraction of sp³-hybridized carbons (Fsp3) is 0.467. The molecule has 22 heavy (non-hydrogen) atoms. The Morgan fingerprint density at radius 1 is 1.50 bits per heavy atom. The normalized spacial score (nSPS) is 18.1. The van der Waals surface area contributed by atoms with Crippen LogP contribution in [0.25, 0.3) is 0 Å². The molecule has 0 bridgehead atoms. The van der Waals surface area contributed by atoms with Gasteiger partial charge in [0.25, 0.3) is 0 Å². The highest BCUT2D eigenvalue weighted by Crippen LogP contribution is 2.28. The van der Waals surface area contributed by atoms with Crippen LogP contribution in [0.4, 0.5) is 10.1 Å². The molecular weight excluding hydrogens is 309 g/mol. The molecule has 120 valence electrons. The summed E-state index contributed by atoms with van der Waals surface area (Å²) in [5.74, 6) is -1.21. The molecule has 1 saturated heterocycles. The highest BCUT2D eigenvalue weighted by atomic mass is 35.5. The fourth-order valence-corrected chi connectivity index (χ4v) is 2.51. The predicted molar refractivity (Wildman–Crippen MR) is 83.4 cm³/mol. The number of likely N-dealkylation sites (N-methyl/N-ethyl adjacent to an activating group) is 1. The summed E-state index contributed by atoms with van der Waals surface area (Å²) in [4.78, 5) is 27.6. The van der Waals surface area contributed by atoms with Crippen LogP contribution in [0.2, 0.25) is 5.02 Å². The molecule has 1 N–H and O–H groups in total. The molecule has 0 radical (unpaired) electrons. The van der Waals surface area contributed by atoms with E-state index in [1.807, 2.05) is 19.0 Å². The molecule has 2 amide bonds. The van der Waals surface area contributed by atoms with Gasteiger partial charge in [-0.2, -0.15) is 0 Å². The number of nitrogens with one attached hydrogen (secondary N) is 1. The van der Waals surface area contributed by atoms with Gasteiger partial charge in [0.1, 0.15) is 5.82 Å².